The summed E-state index contributed by atoms with van der Waals surface area (Å²) in [4.78, 5) is 10.9. The second-order valence-electron chi connectivity index (χ2n) is 3.95. The number of esters is 1. The van der Waals surface area contributed by atoms with E-state index in [0.717, 1.165) is 32.5 Å². The number of hydrogen-bond donors (Lipinski definition) is 0. The van der Waals surface area contributed by atoms with Crippen LogP contribution in [0.2, 0.25) is 0 Å². The summed E-state index contributed by atoms with van der Waals surface area (Å²) < 4.78 is 9.97. The number of hydrogen-bond acceptors (Lipinski definition) is 3. The molecule has 3 nitrogen and oxygen atoms in total. The van der Waals surface area contributed by atoms with E-state index in [0.29, 0.717) is 0 Å². The van der Waals surface area contributed by atoms with Gasteiger partial charge in [-0.25, -0.2) is 4.79 Å². The summed E-state index contributed by atoms with van der Waals surface area (Å²) >= 11 is 0. The molecule has 0 spiro atoms. The number of ether oxygens (including phenoxy) is 2. The minimum absolute atomic E-state index is 0.0806. The van der Waals surface area contributed by atoms with E-state index >= 15 is 0 Å². The van der Waals surface area contributed by atoms with Crippen molar-refractivity contribution >= 4 is 5.97 Å². The maximum Gasteiger partial charge on any atom is 0.330 e. The van der Waals surface area contributed by atoms with Crippen LogP contribution in [0.4, 0.5) is 0 Å². The molecule has 0 saturated heterocycles. The SMILES string of the molecule is C=CC(=O)OC(CC)CCCCC.CCOCC. The minimum atomic E-state index is -0.302. The molecule has 0 heterocycles. The first-order chi connectivity index (χ1) is 8.65. The molecule has 1 unspecified atom stereocenters. The van der Waals surface area contributed by atoms with Gasteiger partial charge in [-0.2, -0.15) is 0 Å². The third-order valence-corrected chi connectivity index (χ3v) is 2.44. The smallest absolute Gasteiger partial charge is 0.330 e. The Labute approximate surface area is 113 Å². The zero-order valence-corrected chi connectivity index (χ0v) is 12.5. The molecule has 0 aliphatic rings. The van der Waals surface area contributed by atoms with Gasteiger partial charge >= 0.3 is 5.97 Å². The van der Waals surface area contributed by atoms with Gasteiger partial charge in [0.15, 0.2) is 0 Å². The van der Waals surface area contributed by atoms with Gasteiger partial charge in [-0.1, -0.05) is 33.3 Å². The van der Waals surface area contributed by atoms with Crippen molar-refractivity contribution in [2.45, 2.75) is 65.9 Å². The monoisotopic (exact) mass is 258 g/mol. The van der Waals surface area contributed by atoms with E-state index in [-0.39, 0.29) is 12.1 Å². The average Bonchev–Trinajstić information content (AvgIpc) is 2.39. The van der Waals surface area contributed by atoms with Gasteiger partial charge in [0.25, 0.3) is 0 Å². The molecule has 0 saturated carbocycles. The highest BCUT2D eigenvalue weighted by molar-refractivity contribution is 5.81. The quantitative estimate of drug-likeness (QED) is 0.354. The van der Waals surface area contributed by atoms with E-state index in [2.05, 4.69) is 13.5 Å². The van der Waals surface area contributed by atoms with Gasteiger partial charge in [-0.15, -0.1) is 0 Å². The largest absolute Gasteiger partial charge is 0.459 e. The molecule has 18 heavy (non-hydrogen) atoms. The molecule has 0 aromatic heterocycles. The van der Waals surface area contributed by atoms with E-state index in [4.69, 9.17) is 9.47 Å². The summed E-state index contributed by atoms with van der Waals surface area (Å²) in [6, 6.07) is 0. The highest BCUT2D eigenvalue weighted by atomic mass is 16.5. The van der Waals surface area contributed by atoms with Gasteiger partial charge in [-0.3, -0.25) is 0 Å². The molecule has 108 valence electrons. The second-order valence-corrected chi connectivity index (χ2v) is 3.95. The normalized spacial score (nSPS) is 11.1. The Morgan fingerprint density at radius 3 is 2.11 bits per heavy atom. The summed E-state index contributed by atoms with van der Waals surface area (Å²) in [6.45, 7) is 13.2. The molecule has 0 amide bonds. The molecule has 1 atom stereocenters. The van der Waals surface area contributed by atoms with Gasteiger partial charge in [-0.05, 0) is 33.1 Å². The molecule has 0 fully saturated rings. The zero-order valence-electron chi connectivity index (χ0n) is 12.5. The Bertz CT molecular complexity index is 188. The van der Waals surface area contributed by atoms with Gasteiger partial charge in [0.05, 0.1) is 0 Å². The summed E-state index contributed by atoms with van der Waals surface area (Å²) in [6.07, 6.45) is 6.72. The lowest BCUT2D eigenvalue weighted by atomic mass is 10.1. The minimum Gasteiger partial charge on any atom is -0.459 e. The van der Waals surface area contributed by atoms with E-state index in [9.17, 15) is 4.79 Å². The molecular weight excluding hydrogens is 228 g/mol. The molecule has 0 aliphatic carbocycles. The van der Waals surface area contributed by atoms with E-state index in [1.54, 1.807) is 0 Å². The van der Waals surface area contributed by atoms with Crippen molar-refractivity contribution in [3.63, 3.8) is 0 Å². The fourth-order valence-electron chi connectivity index (χ4n) is 1.38. The van der Waals surface area contributed by atoms with Crippen LogP contribution in [0.25, 0.3) is 0 Å². The molecule has 0 aromatic carbocycles. The molecule has 0 aliphatic heterocycles. The second kappa shape index (κ2) is 16.2. The highest BCUT2D eigenvalue weighted by Gasteiger charge is 2.08. The van der Waals surface area contributed by atoms with Crippen molar-refractivity contribution in [1.29, 1.82) is 0 Å². The summed E-state index contributed by atoms with van der Waals surface area (Å²) in [5, 5.41) is 0. The van der Waals surface area contributed by atoms with Gasteiger partial charge in [0.2, 0.25) is 0 Å². The predicted octanol–water partition coefficient (Wildman–Crippen LogP) is 4.12. The number of unbranched alkanes of at least 4 members (excludes halogenated alkanes) is 2. The standard InChI is InChI=1S/C11H20O2.C4H10O/c1-4-7-8-9-10(5-2)13-11(12)6-3;1-3-5-4-2/h6,10H,3-5,7-9H2,1-2H3;3-4H2,1-2H3. The lowest BCUT2D eigenvalue weighted by molar-refractivity contribution is -0.143. The third kappa shape index (κ3) is 15.2. The van der Waals surface area contributed by atoms with Crippen molar-refractivity contribution in [1.82, 2.24) is 0 Å². The summed E-state index contributed by atoms with van der Waals surface area (Å²) in [7, 11) is 0. The fourth-order valence-corrected chi connectivity index (χ4v) is 1.38. The fraction of sp³-hybridized carbons (Fsp3) is 0.800. The topological polar surface area (TPSA) is 35.5 Å². The van der Waals surface area contributed by atoms with E-state index in [1.165, 1.54) is 18.9 Å². The molecule has 3 heteroatoms. The number of carbonyl (C=O) groups excluding carboxylic acids is 1. The van der Waals surface area contributed by atoms with Crippen LogP contribution < -0.4 is 0 Å². The van der Waals surface area contributed by atoms with Crippen LogP contribution in [0.15, 0.2) is 12.7 Å². The Morgan fingerprint density at radius 2 is 1.78 bits per heavy atom. The van der Waals surface area contributed by atoms with E-state index < -0.39 is 0 Å². The van der Waals surface area contributed by atoms with Crippen molar-refractivity contribution in [2.24, 2.45) is 0 Å². The Hall–Kier alpha value is -0.830. The van der Waals surface area contributed by atoms with Gasteiger partial charge < -0.3 is 9.47 Å². The summed E-state index contributed by atoms with van der Waals surface area (Å²) in [5.41, 5.74) is 0. The van der Waals surface area contributed by atoms with E-state index in [1.807, 2.05) is 20.8 Å². The zero-order chi connectivity index (χ0) is 14.2. The van der Waals surface area contributed by atoms with Crippen LogP contribution in [0.5, 0.6) is 0 Å². The first kappa shape index (κ1) is 19.5. The molecule has 0 radical (unpaired) electrons. The molecule has 0 rings (SSSR count). The first-order valence-corrected chi connectivity index (χ1v) is 7.06. The van der Waals surface area contributed by atoms with Crippen LogP contribution in [-0.2, 0) is 14.3 Å². The predicted molar refractivity (Wildman–Crippen MR) is 76.7 cm³/mol. The maximum absolute atomic E-state index is 10.9. The third-order valence-electron chi connectivity index (χ3n) is 2.44. The Kier molecular flexibility index (Phi) is 17.5. The van der Waals surface area contributed by atoms with Crippen LogP contribution in [-0.4, -0.2) is 25.3 Å². The maximum atomic E-state index is 10.9. The molecular formula is C15H30O3. The van der Waals surface area contributed by atoms with Crippen LogP contribution in [0.1, 0.15) is 59.8 Å². The molecule has 0 N–H and O–H groups in total. The Morgan fingerprint density at radius 1 is 1.17 bits per heavy atom. The highest BCUT2D eigenvalue weighted by Crippen LogP contribution is 2.10. The molecule has 0 bridgehead atoms. The van der Waals surface area contributed by atoms with Crippen molar-refractivity contribution in [2.75, 3.05) is 13.2 Å². The van der Waals surface area contributed by atoms with Crippen LogP contribution in [0.3, 0.4) is 0 Å². The van der Waals surface area contributed by atoms with Crippen molar-refractivity contribution in [3.05, 3.63) is 12.7 Å². The van der Waals surface area contributed by atoms with Gasteiger partial charge in [0, 0.05) is 19.3 Å². The van der Waals surface area contributed by atoms with Gasteiger partial charge in [0.1, 0.15) is 6.10 Å². The lowest BCUT2D eigenvalue weighted by Crippen LogP contribution is -2.15. The first-order valence-electron chi connectivity index (χ1n) is 7.06. The van der Waals surface area contributed by atoms with Crippen molar-refractivity contribution in [3.8, 4) is 0 Å². The van der Waals surface area contributed by atoms with Crippen LogP contribution in [0, 0.1) is 0 Å². The van der Waals surface area contributed by atoms with Crippen molar-refractivity contribution < 1.29 is 14.3 Å². The Balaban J connectivity index is 0. The molecule has 0 aromatic rings. The van der Waals surface area contributed by atoms with Crippen LogP contribution >= 0.6 is 0 Å². The lowest BCUT2D eigenvalue weighted by Gasteiger charge is -2.14. The summed E-state index contributed by atoms with van der Waals surface area (Å²) in [5.74, 6) is -0.302. The number of rotatable bonds is 9. The number of carbonyl (C=O) groups is 1. The average molecular weight is 258 g/mol.